The summed E-state index contributed by atoms with van der Waals surface area (Å²) in [5, 5.41) is 2.72. The molecule has 0 saturated heterocycles. The maximum Gasteiger partial charge on any atom is 0.407 e. The van der Waals surface area contributed by atoms with E-state index >= 15 is 0 Å². The number of aromatic nitrogens is 5. The van der Waals surface area contributed by atoms with Crippen LogP contribution in [0.2, 0.25) is 0 Å². The van der Waals surface area contributed by atoms with Gasteiger partial charge in [0.25, 0.3) is 0 Å². The number of ether oxygens (including phenoxy) is 2. The molecule has 0 fully saturated rings. The Bertz CT molecular complexity index is 1710. The quantitative estimate of drug-likeness (QED) is 0.228. The highest BCUT2D eigenvalue weighted by atomic mass is 16.6. The number of nitrogens with one attached hydrogen (secondary N) is 1. The number of aryl methyl sites for hydroxylation is 1. The molecule has 0 aromatic carbocycles. The van der Waals surface area contributed by atoms with Crippen LogP contribution in [0.25, 0.3) is 46.3 Å². The molecule has 218 valence electrons. The first-order chi connectivity index (χ1) is 20.1. The second kappa shape index (κ2) is 11.7. The monoisotopic (exact) mass is 576 g/mol. The molecule has 14 nitrogen and oxygen atoms in total. The molecule has 5 rings (SSSR count). The van der Waals surface area contributed by atoms with E-state index in [4.69, 9.17) is 22.4 Å². The van der Waals surface area contributed by atoms with Crippen molar-refractivity contribution in [2.24, 2.45) is 0 Å². The molecule has 0 bridgehead atoms. The van der Waals surface area contributed by atoms with Gasteiger partial charge in [0.15, 0.2) is 17.1 Å². The molecule has 0 unspecified atom stereocenters. The fourth-order valence-corrected chi connectivity index (χ4v) is 3.80. The summed E-state index contributed by atoms with van der Waals surface area (Å²) < 4.78 is 32.4. The van der Waals surface area contributed by atoms with Gasteiger partial charge in [-0.2, -0.15) is 0 Å². The average Bonchev–Trinajstić information content (AvgIpc) is 3.77. The van der Waals surface area contributed by atoms with E-state index in [1.54, 1.807) is 39.0 Å². The number of rotatable bonds is 9. The smallest absolute Gasteiger partial charge is 0.407 e. The highest BCUT2D eigenvalue weighted by Gasteiger charge is 2.21. The van der Waals surface area contributed by atoms with E-state index in [0.717, 1.165) is 5.69 Å². The van der Waals surface area contributed by atoms with Crippen molar-refractivity contribution in [3.05, 3.63) is 54.1 Å². The zero-order valence-electron chi connectivity index (χ0n) is 23.6. The summed E-state index contributed by atoms with van der Waals surface area (Å²) in [4.78, 5) is 45.6. The second-order valence-corrected chi connectivity index (χ2v) is 9.93. The first kappa shape index (κ1) is 28.3. The largest absolute Gasteiger partial charge is 0.464 e. The number of hydrogen-bond acceptors (Lipinski definition) is 13. The highest BCUT2D eigenvalue weighted by molar-refractivity contribution is 5.87. The highest BCUT2D eigenvalue weighted by Crippen LogP contribution is 2.28. The molecular weight excluding hydrogens is 548 g/mol. The van der Waals surface area contributed by atoms with E-state index in [1.807, 2.05) is 6.92 Å². The predicted molar refractivity (Wildman–Crippen MR) is 145 cm³/mol. The third-order valence-electron chi connectivity index (χ3n) is 5.67. The second-order valence-electron chi connectivity index (χ2n) is 9.93. The van der Waals surface area contributed by atoms with Gasteiger partial charge in [0.2, 0.25) is 23.6 Å². The van der Waals surface area contributed by atoms with Gasteiger partial charge in [-0.05, 0) is 39.3 Å². The molecule has 0 radical (unpaired) electrons. The zero-order valence-corrected chi connectivity index (χ0v) is 23.6. The number of carbonyl (C=O) groups is 2. The summed E-state index contributed by atoms with van der Waals surface area (Å²) in [6.45, 7) is 7.69. The molecule has 0 aliphatic heterocycles. The summed E-state index contributed by atoms with van der Waals surface area (Å²) >= 11 is 0. The van der Waals surface area contributed by atoms with Crippen molar-refractivity contribution < 1.29 is 36.7 Å². The van der Waals surface area contributed by atoms with Crippen LogP contribution in [0, 0.1) is 0 Å². The van der Waals surface area contributed by atoms with Gasteiger partial charge in [-0.15, -0.1) is 0 Å². The van der Waals surface area contributed by atoms with Gasteiger partial charge in [-0.25, -0.2) is 34.5 Å². The number of pyridine rings is 1. The lowest BCUT2D eigenvalue weighted by molar-refractivity contribution is 0.0526. The molecule has 5 aromatic heterocycles. The van der Waals surface area contributed by atoms with Crippen LogP contribution in [0.15, 0.2) is 54.7 Å². The normalized spacial score (nSPS) is 11.5. The number of nitrogens with zero attached hydrogens (tertiary/aromatic N) is 5. The van der Waals surface area contributed by atoms with Crippen LogP contribution in [0.4, 0.5) is 4.79 Å². The summed E-state index contributed by atoms with van der Waals surface area (Å²) in [5.74, 6) is 0.823. The van der Waals surface area contributed by atoms with Crippen LogP contribution in [-0.2, 0) is 22.3 Å². The van der Waals surface area contributed by atoms with Crippen LogP contribution < -0.4 is 5.32 Å². The molecule has 0 aliphatic carbocycles. The molecule has 0 saturated carbocycles. The van der Waals surface area contributed by atoms with E-state index in [9.17, 15) is 9.59 Å². The number of carbonyl (C=O) groups excluding carboxylic acids is 2. The van der Waals surface area contributed by atoms with Crippen molar-refractivity contribution in [1.82, 2.24) is 30.2 Å². The van der Waals surface area contributed by atoms with E-state index in [1.165, 1.54) is 25.9 Å². The van der Waals surface area contributed by atoms with Crippen molar-refractivity contribution in [3.63, 3.8) is 0 Å². The minimum Gasteiger partial charge on any atom is -0.464 e. The molecular formula is C28H28N6O8. The number of oxazole rings is 4. The Kier molecular flexibility index (Phi) is 7.86. The molecule has 5 heterocycles. The summed E-state index contributed by atoms with van der Waals surface area (Å²) in [5.41, 5.74) is 1.68. The Morgan fingerprint density at radius 2 is 1.45 bits per heavy atom. The minimum absolute atomic E-state index is 0.0126. The van der Waals surface area contributed by atoms with Gasteiger partial charge in [0.1, 0.15) is 41.5 Å². The van der Waals surface area contributed by atoms with Crippen molar-refractivity contribution in [2.75, 3.05) is 13.7 Å². The molecule has 1 amide bonds. The number of esters is 1. The van der Waals surface area contributed by atoms with E-state index in [0.29, 0.717) is 48.1 Å². The van der Waals surface area contributed by atoms with Gasteiger partial charge in [-0.1, -0.05) is 13.0 Å². The Balaban J connectivity index is 1.29. The summed E-state index contributed by atoms with van der Waals surface area (Å²) in [6, 6.07) is 5.18. The minimum atomic E-state index is -0.629. The number of hydrogen-bond donors (Lipinski definition) is 1. The Labute approximate surface area is 239 Å². The van der Waals surface area contributed by atoms with Crippen LogP contribution in [0.5, 0.6) is 0 Å². The maximum atomic E-state index is 11.9. The van der Waals surface area contributed by atoms with Crippen LogP contribution in [-0.4, -0.2) is 56.2 Å². The molecule has 1 N–H and O–H groups in total. The first-order valence-corrected chi connectivity index (χ1v) is 13.0. The lowest BCUT2D eigenvalue weighted by Crippen LogP contribution is -2.33. The van der Waals surface area contributed by atoms with Gasteiger partial charge in [0.05, 0.1) is 12.8 Å². The molecule has 42 heavy (non-hydrogen) atoms. The van der Waals surface area contributed by atoms with Crippen molar-refractivity contribution >= 4 is 12.1 Å². The zero-order chi connectivity index (χ0) is 29.9. The van der Waals surface area contributed by atoms with E-state index in [2.05, 4.69) is 35.0 Å². The molecule has 0 spiro atoms. The van der Waals surface area contributed by atoms with Crippen LogP contribution in [0.1, 0.15) is 49.6 Å². The summed E-state index contributed by atoms with van der Waals surface area (Å²) in [7, 11) is 1.25. The lowest BCUT2D eigenvalue weighted by Gasteiger charge is -2.19. The standard InChI is InChI=1S/C28H28N6O8/c1-6-15-21(10-11-29-27(36)42-28(2,3)4)41-25(31-15)19-13-39-23(33-19)17-9-7-8-16(30-17)22-32-18(12-38-22)24-34-20(14-40-24)26(35)37-5/h7-9,12-14H,6,10-11H2,1-5H3,(H,29,36). The predicted octanol–water partition coefficient (Wildman–Crippen LogP) is 5.12. The Hall–Kier alpha value is -5.27. The maximum absolute atomic E-state index is 11.9. The molecule has 0 aliphatic rings. The summed E-state index contributed by atoms with van der Waals surface area (Å²) in [6.07, 6.45) is 4.52. The fraction of sp³-hybridized carbons (Fsp3) is 0.321. The number of amides is 1. The average molecular weight is 577 g/mol. The third kappa shape index (κ3) is 6.37. The van der Waals surface area contributed by atoms with Crippen LogP contribution >= 0.6 is 0 Å². The van der Waals surface area contributed by atoms with Crippen LogP contribution in [0.3, 0.4) is 0 Å². The Morgan fingerprint density at radius 3 is 2.07 bits per heavy atom. The van der Waals surface area contributed by atoms with Crippen molar-refractivity contribution in [3.8, 4) is 46.3 Å². The van der Waals surface area contributed by atoms with Gasteiger partial charge in [0, 0.05) is 13.0 Å². The molecule has 0 atom stereocenters. The van der Waals surface area contributed by atoms with Gasteiger partial charge in [-0.3, -0.25) is 0 Å². The molecule has 14 heteroatoms. The lowest BCUT2D eigenvalue weighted by atomic mass is 10.2. The SMILES string of the molecule is CCc1nc(-c2coc(-c3cccc(-c4nc(-c5nc(C(=O)OC)co5)co4)n3)n2)oc1CCNC(=O)OC(C)(C)C. The van der Waals surface area contributed by atoms with Crippen molar-refractivity contribution in [2.45, 2.75) is 46.1 Å². The number of alkyl carbamates (subject to hydrolysis) is 1. The van der Waals surface area contributed by atoms with E-state index in [-0.39, 0.29) is 29.1 Å². The first-order valence-electron chi connectivity index (χ1n) is 13.0. The fourth-order valence-electron chi connectivity index (χ4n) is 3.80. The number of methoxy groups -OCH3 is 1. The van der Waals surface area contributed by atoms with Gasteiger partial charge < -0.3 is 32.5 Å². The van der Waals surface area contributed by atoms with Crippen molar-refractivity contribution in [1.29, 1.82) is 0 Å². The molecule has 5 aromatic rings. The Morgan fingerprint density at radius 1 is 0.833 bits per heavy atom. The van der Waals surface area contributed by atoms with E-state index < -0.39 is 17.7 Å². The third-order valence-corrected chi connectivity index (χ3v) is 5.67. The topological polar surface area (TPSA) is 182 Å². The van der Waals surface area contributed by atoms with Gasteiger partial charge >= 0.3 is 12.1 Å².